The van der Waals surface area contributed by atoms with Crippen LogP contribution in [-0.4, -0.2) is 18.4 Å². The molecule has 0 aliphatic carbocycles. The molecule has 1 aliphatic heterocycles. The molecule has 1 heterocycles. The summed E-state index contributed by atoms with van der Waals surface area (Å²) in [7, 11) is 2.09. The molecule has 2 aromatic rings. The van der Waals surface area contributed by atoms with E-state index in [4.69, 9.17) is 0 Å². The number of fused-ring (bicyclic) bond motifs is 1. The van der Waals surface area contributed by atoms with Gasteiger partial charge in [0.2, 0.25) is 0 Å². The molecular formula is C19H20N2O. The van der Waals surface area contributed by atoms with Gasteiger partial charge in [-0.1, -0.05) is 32.0 Å². The number of phenolic OH excluding ortho intramolecular Hbond substituents is 1. The van der Waals surface area contributed by atoms with Gasteiger partial charge in [0.15, 0.2) is 0 Å². The van der Waals surface area contributed by atoms with Crippen molar-refractivity contribution in [1.29, 1.82) is 0 Å². The Morgan fingerprint density at radius 1 is 1.05 bits per heavy atom. The average Bonchev–Trinajstić information content (AvgIpc) is 2.70. The van der Waals surface area contributed by atoms with Gasteiger partial charge in [0.25, 0.3) is 0 Å². The Labute approximate surface area is 131 Å². The van der Waals surface area contributed by atoms with Gasteiger partial charge in [-0.15, -0.1) is 0 Å². The van der Waals surface area contributed by atoms with Crippen molar-refractivity contribution < 1.29 is 5.11 Å². The fourth-order valence-electron chi connectivity index (χ4n) is 3.03. The molecule has 3 nitrogen and oxygen atoms in total. The van der Waals surface area contributed by atoms with Crippen molar-refractivity contribution in [3.05, 3.63) is 65.9 Å². The van der Waals surface area contributed by atoms with E-state index in [1.807, 2.05) is 6.21 Å². The summed E-state index contributed by atoms with van der Waals surface area (Å²) in [5.41, 5.74) is 4.59. The minimum Gasteiger partial charge on any atom is -0.508 e. The van der Waals surface area contributed by atoms with Crippen molar-refractivity contribution in [2.45, 2.75) is 19.3 Å². The Hall–Kier alpha value is -2.55. The van der Waals surface area contributed by atoms with E-state index in [2.05, 4.69) is 61.1 Å². The lowest BCUT2D eigenvalue weighted by atomic mass is 9.84. The second kappa shape index (κ2) is 5.34. The van der Waals surface area contributed by atoms with Crippen LogP contribution in [0, 0.1) is 0 Å². The Morgan fingerprint density at radius 2 is 1.73 bits per heavy atom. The highest BCUT2D eigenvalue weighted by atomic mass is 16.3. The Morgan fingerprint density at radius 3 is 2.41 bits per heavy atom. The molecule has 0 fully saturated rings. The van der Waals surface area contributed by atoms with Gasteiger partial charge in [0, 0.05) is 30.1 Å². The number of anilines is 1. The predicted molar refractivity (Wildman–Crippen MR) is 92.2 cm³/mol. The molecule has 0 radical (unpaired) electrons. The molecule has 22 heavy (non-hydrogen) atoms. The topological polar surface area (TPSA) is 35.8 Å². The van der Waals surface area contributed by atoms with Crippen LogP contribution in [0.15, 0.2) is 65.3 Å². The van der Waals surface area contributed by atoms with E-state index in [1.165, 1.54) is 16.9 Å². The number of rotatable bonds is 2. The van der Waals surface area contributed by atoms with Crippen molar-refractivity contribution in [2.75, 3.05) is 11.9 Å². The third-order valence-electron chi connectivity index (χ3n) is 4.25. The van der Waals surface area contributed by atoms with Crippen molar-refractivity contribution in [2.24, 2.45) is 4.99 Å². The van der Waals surface area contributed by atoms with E-state index in [1.54, 1.807) is 24.3 Å². The number of aliphatic imine (C=N–C) groups is 1. The molecule has 0 atom stereocenters. The van der Waals surface area contributed by atoms with Crippen LogP contribution in [0.1, 0.15) is 19.4 Å². The van der Waals surface area contributed by atoms with Gasteiger partial charge in [0.05, 0.1) is 5.69 Å². The summed E-state index contributed by atoms with van der Waals surface area (Å²) in [6.45, 7) is 4.46. The normalized spacial score (nSPS) is 18.1. The molecule has 3 heteroatoms. The van der Waals surface area contributed by atoms with Gasteiger partial charge in [-0.05, 0) is 42.0 Å². The molecule has 0 saturated heterocycles. The standard InChI is InChI=1S/C19H20N2O/c1-19(2)16-6-4-5-7-17(16)21(3)18(19)12-13-20-14-8-10-15(22)11-9-14/h4-13,22H,1-3H3. The molecule has 1 N–H and O–H groups in total. The van der Waals surface area contributed by atoms with E-state index in [9.17, 15) is 5.11 Å². The molecule has 0 amide bonds. The number of benzene rings is 2. The number of nitrogens with zero attached hydrogens (tertiary/aromatic N) is 2. The first-order valence-electron chi connectivity index (χ1n) is 7.37. The van der Waals surface area contributed by atoms with Crippen molar-refractivity contribution >= 4 is 17.6 Å². The zero-order valence-corrected chi connectivity index (χ0v) is 13.1. The van der Waals surface area contributed by atoms with Crippen LogP contribution in [0.2, 0.25) is 0 Å². The van der Waals surface area contributed by atoms with Gasteiger partial charge < -0.3 is 10.0 Å². The summed E-state index contributed by atoms with van der Waals surface area (Å²) in [6.07, 6.45) is 3.89. The lowest BCUT2D eigenvalue weighted by Gasteiger charge is -2.23. The monoisotopic (exact) mass is 292 g/mol. The first-order valence-corrected chi connectivity index (χ1v) is 7.37. The maximum atomic E-state index is 9.29. The molecule has 2 aromatic carbocycles. The van der Waals surface area contributed by atoms with E-state index >= 15 is 0 Å². The van der Waals surface area contributed by atoms with Crippen LogP contribution in [0.3, 0.4) is 0 Å². The highest BCUT2D eigenvalue weighted by molar-refractivity contribution is 5.80. The van der Waals surface area contributed by atoms with Crippen LogP contribution in [0.25, 0.3) is 0 Å². The van der Waals surface area contributed by atoms with E-state index in [0.29, 0.717) is 0 Å². The zero-order valence-electron chi connectivity index (χ0n) is 13.1. The van der Waals surface area contributed by atoms with Gasteiger partial charge in [-0.2, -0.15) is 0 Å². The summed E-state index contributed by atoms with van der Waals surface area (Å²) < 4.78 is 0. The van der Waals surface area contributed by atoms with Crippen LogP contribution in [-0.2, 0) is 5.41 Å². The molecular weight excluding hydrogens is 272 g/mol. The average molecular weight is 292 g/mol. The predicted octanol–water partition coefficient (Wildman–Crippen LogP) is 4.41. The van der Waals surface area contributed by atoms with Crippen LogP contribution >= 0.6 is 0 Å². The van der Waals surface area contributed by atoms with Gasteiger partial charge in [-0.3, -0.25) is 4.99 Å². The molecule has 3 rings (SSSR count). The third-order valence-corrected chi connectivity index (χ3v) is 4.25. The molecule has 1 aliphatic rings. The SMILES string of the molecule is CN1C(=CC=Nc2ccc(O)cc2)C(C)(C)c2ccccc21. The number of hydrogen-bond donors (Lipinski definition) is 1. The molecule has 0 aromatic heterocycles. The van der Waals surface area contributed by atoms with Crippen LogP contribution < -0.4 is 4.90 Å². The first kappa shape index (κ1) is 14.4. The summed E-state index contributed by atoms with van der Waals surface area (Å²) in [6, 6.07) is 15.4. The van der Waals surface area contributed by atoms with E-state index in [0.717, 1.165) is 5.69 Å². The maximum absolute atomic E-state index is 9.29. The van der Waals surface area contributed by atoms with Crippen molar-refractivity contribution in [3.8, 4) is 5.75 Å². The van der Waals surface area contributed by atoms with Crippen LogP contribution in [0.5, 0.6) is 5.75 Å². The fourth-order valence-corrected chi connectivity index (χ4v) is 3.03. The number of aromatic hydroxyl groups is 1. The lowest BCUT2D eigenvalue weighted by molar-refractivity contribution is 0.475. The highest BCUT2D eigenvalue weighted by Gasteiger charge is 2.37. The Bertz CT molecular complexity index is 742. The number of likely N-dealkylation sites (N-methyl/N-ethyl adjacent to an activating group) is 1. The number of para-hydroxylation sites is 1. The molecule has 0 bridgehead atoms. The summed E-state index contributed by atoms with van der Waals surface area (Å²) in [5, 5.41) is 9.29. The van der Waals surface area contributed by atoms with Crippen molar-refractivity contribution in [3.63, 3.8) is 0 Å². The molecule has 0 unspecified atom stereocenters. The summed E-state index contributed by atoms with van der Waals surface area (Å²) >= 11 is 0. The minimum atomic E-state index is -0.0354. The first-order chi connectivity index (χ1) is 10.5. The Kier molecular flexibility index (Phi) is 3.49. The van der Waals surface area contributed by atoms with Gasteiger partial charge >= 0.3 is 0 Å². The van der Waals surface area contributed by atoms with E-state index < -0.39 is 0 Å². The lowest BCUT2D eigenvalue weighted by Crippen LogP contribution is -2.22. The molecule has 0 saturated carbocycles. The smallest absolute Gasteiger partial charge is 0.115 e. The molecule has 0 spiro atoms. The minimum absolute atomic E-state index is 0.0354. The number of hydrogen-bond acceptors (Lipinski definition) is 3. The number of allylic oxidation sites excluding steroid dienone is 2. The van der Waals surface area contributed by atoms with Gasteiger partial charge in [-0.25, -0.2) is 0 Å². The summed E-state index contributed by atoms with van der Waals surface area (Å²) in [4.78, 5) is 6.65. The van der Waals surface area contributed by atoms with Crippen LogP contribution in [0.4, 0.5) is 11.4 Å². The molecule has 112 valence electrons. The second-order valence-corrected chi connectivity index (χ2v) is 6.05. The number of phenols is 1. The zero-order chi connectivity index (χ0) is 15.7. The fraction of sp³-hybridized carbons (Fsp3) is 0.211. The largest absolute Gasteiger partial charge is 0.508 e. The second-order valence-electron chi connectivity index (χ2n) is 6.05. The van der Waals surface area contributed by atoms with Crippen molar-refractivity contribution in [1.82, 2.24) is 0 Å². The highest BCUT2D eigenvalue weighted by Crippen LogP contribution is 2.46. The quantitative estimate of drug-likeness (QED) is 0.832. The van der Waals surface area contributed by atoms with Gasteiger partial charge in [0.1, 0.15) is 5.75 Å². The Balaban J connectivity index is 1.90. The van der Waals surface area contributed by atoms with E-state index in [-0.39, 0.29) is 11.2 Å². The summed E-state index contributed by atoms with van der Waals surface area (Å²) in [5.74, 6) is 0.254. The maximum Gasteiger partial charge on any atom is 0.115 e. The third kappa shape index (κ3) is 2.39.